The molecule has 33 heavy (non-hydrogen) atoms. The summed E-state index contributed by atoms with van der Waals surface area (Å²) >= 11 is 0. The van der Waals surface area contributed by atoms with E-state index in [-0.39, 0.29) is 22.9 Å². The monoisotopic (exact) mass is 445 g/mol. The Kier molecular flexibility index (Phi) is 6.27. The molecule has 1 heterocycles. The van der Waals surface area contributed by atoms with Crippen LogP contribution in [-0.2, 0) is 0 Å². The molecule has 0 aromatic heterocycles. The number of halogens is 1. The largest absolute Gasteiger partial charge is 0.452 e. The predicted octanol–water partition coefficient (Wildman–Crippen LogP) is 5.82. The van der Waals surface area contributed by atoms with E-state index in [1.807, 2.05) is 24.3 Å². The van der Waals surface area contributed by atoms with E-state index in [2.05, 4.69) is 18.7 Å². The summed E-state index contributed by atoms with van der Waals surface area (Å²) in [7, 11) is 0. The van der Waals surface area contributed by atoms with Crippen LogP contribution in [0.15, 0.2) is 66.4 Å². The predicted molar refractivity (Wildman–Crippen MR) is 125 cm³/mol. The minimum atomic E-state index is -0.689. The Morgan fingerprint density at radius 2 is 1.79 bits per heavy atom. The van der Waals surface area contributed by atoms with Gasteiger partial charge in [-0.25, -0.2) is 9.18 Å². The quantitative estimate of drug-likeness (QED) is 0.272. The van der Waals surface area contributed by atoms with Crippen LogP contribution in [0.1, 0.15) is 45.7 Å². The van der Waals surface area contributed by atoms with Crippen LogP contribution in [0.2, 0.25) is 0 Å². The Labute approximate surface area is 192 Å². The summed E-state index contributed by atoms with van der Waals surface area (Å²) in [6.45, 7) is 7.75. The number of carbonyl (C=O) groups is 2. The number of ketones is 1. The zero-order valence-corrected chi connectivity index (χ0v) is 18.7. The SMILES string of the molecule is CCN(CC)c1ccc(/C=C2\Oc3c(ccc(OC(=O)c4cccc(F)c4)c3C)C2=O)cc1. The number of hydrogen-bond donors (Lipinski definition) is 0. The number of fused-ring (bicyclic) bond motifs is 1. The molecule has 0 radical (unpaired) electrons. The lowest BCUT2D eigenvalue weighted by Crippen LogP contribution is -2.21. The molecule has 0 saturated heterocycles. The zero-order chi connectivity index (χ0) is 23.5. The van der Waals surface area contributed by atoms with Crippen molar-refractivity contribution in [2.75, 3.05) is 18.0 Å². The fourth-order valence-electron chi connectivity index (χ4n) is 3.77. The first kappa shape index (κ1) is 22.3. The van der Waals surface area contributed by atoms with E-state index in [1.165, 1.54) is 18.2 Å². The van der Waals surface area contributed by atoms with Gasteiger partial charge in [-0.05, 0) is 74.9 Å². The topological polar surface area (TPSA) is 55.8 Å². The fraction of sp³-hybridized carbons (Fsp3) is 0.185. The van der Waals surface area contributed by atoms with Crippen LogP contribution in [0, 0.1) is 12.7 Å². The lowest BCUT2D eigenvalue weighted by atomic mass is 10.1. The Bertz CT molecular complexity index is 1240. The summed E-state index contributed by atoms with van der Waals surface area (Å²) in [4.78, 5) is 27.5. The molecule has 3 aromatic rings. The molecule has 4 rings (SSSR count). The number of nitrogens with zero attached hydrogens (tertiary/aromatic N) is 1. The molecule has 6 heteroatoms. The van der Waals surface area contributed by atoms with Gasteiger partial charge in [0.1, 0.15) is 17.3 Å². The van der Waals surface area contributed by atoms with Gasteiger partial charge in [-0.2, -0.15) is 0 Å². The van der Waals surface area contributed by atoms with Crippen molar-refractivity contribution < 1.29 is 23.5 Å². The first-order chi connectivity index (χ1) is 15.9. The van der Waals surface area contributed by atoms with Crippen LogP contribution in [0.25, 0.3) is 6.08 Å². The average Bonchev–Trinajstić information content (AvgIpc) is 3.13. The molecule has 1 aliphatic rings. The smallest absolute Gasteiger partial charge is 0.343 e. The second-order valence-electron chi connectivity index (χ2n) is 7.67. The van der Waals surface area contributed by atoms with E-state index >= 15 is 0 Å². The number of benzene rings is 3. The van der Waals surface area contributed by atoms with Crippen molar-refractivity contribution in [2.24, 2.45) is 0 Å². The van der Waals surface area contributed by atoms with Crippen molar-refractivity contribution in [1.82, 2.24) is 0 Å². The van der Waals surface area contributed by atoms with Crippen molar-refractivity contribution in [3.63, 3.8) is 0 Å². The molecule has 5 nitrogen and oxygen atoms in total. The standard InChI is InChI=1S/C27H24FNO4/c1-4-29(5-2)21-11-9-18(10-12-21)15-24-25(30)22-13-14-23(17(3)26(22)32-24)33-27(31)19-7-6-8-20(28)16-19/h6-16H,4-5H2,1-3H3/b24-15-. The van der Waals surface area contributed by atoms with Gasteiger partial charge in [0, 0.05) is 24.3 Å². The number of ether oxygens (including phenoxy) is 2. The summed E-state index contributed by atoms with van der Waals surface area (Å²) in [5.41, 5.74) is 2.98. The summed E-state index contributed by atoms with van der Waals surface area (Å²) < 4.78 is 24.7. The molecule has 0 bridgehead atoms. The second kappa shape index (κ2) is 9.28. The molecule has 0 atom stereocenters. The van der Waals surface area contributed by atoms with Gasteiger partial charge >= 0.3 is 5.97 Å². The molecule has 3 aromatic carbocycles. The third-order valence-corrected chi connectivity index (χ3v) is 5.62. The minimum absolute atomic E-state index is 0.0978. The number of anilines is 1. The molecule has 0 aliphatic carbocycles. The van der Waals surface area contributed by atoms with Crippen LogP contribution in [0.5, 0.6) is 11.5 Å². The fourth-order valence-corrected chi connectivity index (χ4v) is 3.77. The normalized spacial score (nSPS) is 13.6. The lowest BCUT2D eigenvalue weighted by Gasteiger charge is -2.20. The molecule has 0 N–H and O–H groups in total. The molecule has 0 spiro atoms. The van der Waals surface area contributed by atoms with Crippen molar-refractivity contribution in [1.29, 1.82) is 0 Å². The van der Waals surface area contributed by atoms with E-state index in [0.29, 0.717) is 16.9 Å². The molecule has 0 unspecified atom stereocenters. The Morgan fingerprint density at radius 1 is 1.06 bits per heavy atom. The number of carbonyl (C=O) groups excluding carboxylic acids is 2. The van der Waals surface area contributed by atoms with Crippen molar-refractivity contribution >= 4 is 23.5 Å². The summed E-state index contributed by atoms with van der Waals surface area (Å²) in [5.74, 6) is -0.632. The Balaban J connectivity index is 1.56. The lowest BCUT2D eigenvalue weighted by molar-refractivity contribution is 0.0732. The van der Waals surface area contributed by atoms with Gasteiger partial charge < -0.3 is 14.4 Å². The molecular weight excluding hydrogens is 421 g/mol. The van der Waals surface area contributed by atoms with Gasteiger partial charge in [-0.3, -0.25) is 4.79 Å². The highest BCUT2D eigenvalue weighted by atomic mass is 19.1. The number of rotatable bonds is 6. The van der Waals surface area contributed by atoms with E-state index in [1.54, 1.807) is 25.1 Å². The van der Waals surface area contributed by atoms with E-state index in [4.69, 9.17) is 9.47 Å². The summed E-state index contributed by atoms with van der Waals surface area (Å²) in [5, 5.41) is 0. The first-order valence-corrected chi connectivity index (χ1v) is 10.8. The third-order valence-electron chi connectivity index (χ3n) is 5.62. The van der Waals surface area contributed by atoms with Crippen LogP contribution in [-0.4, -0.2) is 24.8 Å². The number of esters is 1. The highest BCUT2D eigenvalue weighted by Gasteiger charge is 2.30. The van der Waals surface area contributed by atoms with Crippen LogP contribution in [0.3, 0.4) is 0 Å². The van der Waals surface area contributed by atoms with E-state index < -0.39 is 11.8 Å². The van der Waals surface area contributed by atoms with Crippen LogP contribution >= 0.6 is 0 Å². The summed E-state index contributed by atoms with van der Waals surface area (Å²) in [6, 6.07) is 16.3. The maximum Gasteiger partial charge on any atom is 0.343 e. The molecule has 168 valence electrons. The van der Waals surface area contributed by atoms with Gasteiger partial charge in [-0.15, -0.1) is 0 Å². The third kappa shape index (κ3) is 4.51. The van der Waals surface area contributed by atoms with Gasteiger partial charge in [-0.1, -0.05) is 18.2 Å². The first-order valence-electron chi connectivity index (χ1n) is 10.8. The summed E-state index contributed by atoms with van der Waals surface area (Å²) in [6.07, 6.45) is 1.70. The van der Waals surface area contributed by atoms with Crippen molar-refractivity contribution in [2.45, 2.75) is 20.8 Å². The van der Waals surface area contributed by atoms with Gasteiger partial charge in [0.2, 0.25) is 5.78 Å². The highest BCUT2D eigenvalue weighted by molar-refractivity contribution is 6.15. The molecule has 0 amide bonds. The molecule has 1 aliphatic heterocycles. The molecule has 0 fully saturated rings. The number of Topliss-reactive ketones (excluding diaryl/α,β-unsaturated/α-hetero) is 1. The average molecular weight is 445 g/mol. The highest BCUT2D eigenvalue weighted by Crippen LogP contribution is 2.39. The van der Waals surface area contributed by atoms with E-state index in [0.717, 1.165) is 30.4 Å². The van der Waals surface area contributed by atoms with Gasteiger partial charge in [0.15, 0.2) is 5.76 Å². The van der Waals surface area contributed by atoms with Crippen molar-refractivity contribution in [3.8, 4) is 11.5 Å². The second-order valence-corrected chi connectivity index (χ2v) is 7.67. The van der Waals surface area contributed by atoms with Gasteiger partial charge in [0.25, 0.3) is 0 Å². The molecular formula is C27H24FNO4. The maximum absolute atomic E-state index is 13.4. The van der Waals surface area contributed by atoms with Crippen molar-refractivity contribution in [3.05, 3.63) is 94.5 Å². The Hall–Kier alpha value is -3.93. The van der Waals surface area contributed by atoms with Gasteiger partial charge in [0.05, 0.1) is 11.1 Å². The Morgan fingerprint density at radius 3 is 2.45 bits per heavy atom. The number of hydrogen-bond acceptors (Lipinski definition) is 5. The zero-order valence-electron chi connectivity index (χ0n) is 18.7. The minimum Gasteiger partial charge on any atom is -0.452 e. The molecule has 0 saturated carbocycles. The van der Waals surface area contributed by atoms with E-state index in [9.17, 15) is 14.0 Å². The van der Waals surface area contributed by atoms with Crippen LogP contribution in [0.4, 0.5) is 10.1 Å². The maximum atomic E-state index is 13.4. The van der Waals surface area contributed by atoms with Crippen LogP contribution < -0.4 is 14.4 Å². The number of allylic oxidation sites excluding steroid dienone is 1.